The van der Waals surface area contributed by atoms with Gasteiger partial charge in [-0.1, -0.05) is 12.1 Å². The van der Waals surface area contributed by atoms with Crippen molar-refractivity contribution in [3.05, 3.63) is 46.1 Å². The van der Waals surface area contributed by atoms with Gasteiger partial charge in [0.2, 0.25) is 5.82 Å². The van der Waals surface area contributed by atoms with Crippen molar-refractivity contribution in [2.75, 3.05) is 25.5 Å². The summed E-state index contributed by atoms with van der Waals surface area (Å²) in [6.45, 7) is 1.21. The van der Waals surface area contributed by atoms with Gasteiger partial charge in [-0.15, -0.1) is 5.10 Å². The Balaban J connectivity index is 1.75. The number of H-pyrrole nitrogens is 2. The second-order valence-electron chi connectivity index (χ2n) is 6.22. The molecule has 1 fully saturated rings. The number of amides is 1. The van der Waals surface area contributed by atoms with Gasteiger partial charge in [0.05, 0.1) is 0 Å². The third-order valence-electron chi connectivity index (χ3n) is 3.99. The highest BCUT2D eigenvalue weighted by molar-refractivity contribution is 5.90. The summed E-state index contributed by atoms with van der Waals surface area (Å²) in [5.41, 5.74) is 1.71. The molecule has 1 amide bonds. The largest absolute Gasteiger partial charge is 0.378 e. The van der Waals surface area contributed by atoms with E-state index in [1.165, 1.54) is 0 Å². The molecular formula is C16H21N5O2. The quantitative estimate of drug-likeness (QED) is 0.839. The van der Waals surface area contributed by atoms with Crippen molar-refractivity contribution >= 4 is 11.6 Å². The first-order valence-electron chi connectivity index (χ1n) is 7.73. The number of hydrogen-bond acceptors (Lipinski definition) is 4. The SMILES string of the molecule is CN(C)c1ccc(CN(CC2CC2)C(=O)c2n[nH]c(=O)[nH]2)cc1. The van der Waals surface area contributed by atoms with E-state index < -0.39 is 5.69 Å². The molecule has 0 spiro atoms. The first-order valence-corrected chi connectivity index (χ1v) is 7.73. The lowest BCUT2D eigenvalue weighted by molar-refractivity contribution is 0.0723. The smallest absolute Gasteiger partial charge is 0.341 e. The Morgan fingerprint density at radius 3 is 2.48 bits per heavy atom. The Labute approximate surface area is 134 Å². The van der Waals surface area contributed by atoms with E-state index in [1.807, 2.05) is 43.3 Å². The maximum Gasteiger partial charge on any atom is 0.341 e. The Morgan fingerprint density at radius 1 is 1.26 bits per heavy atom. The molecule has 0 bridgehead atoms. The maximum absolute atomic E-state index is 12.6. The number of carbonyl (C=O) groups excluding carboxylic acids is 1. The average molecular weight is 315 g/mol. The highest BCUT2D eigenvalue weighted by Gasteiger charge is 2.28. The summed E-state index contributed by atoms with van der Waals surface area (Å²) in [6.07, 6.45) is 2.31. The van der Waals surface area contributed by atoms with Gasteiger partial charge in [-0.2, -0.15) is 0 Å². The molecule has 3 rings (SSSR count). The lowest BCUT2D eigenvalue weighted by Gasteiger charge is -2.22. The fourth-order valence-electron chi connectivity index (χ4n) is 2.47. The molecule has 1 aromatic carbocycles. The first kappa shape index (κ1) is 15.3. The van der Waals surface area contributed by atoms with E-state index in [1.54, 1.807) is 4.90 Å². The van der Waals surface area contributed by atoms with E-state index in [0.717, 1.165) is 24.1 Å². The van der Waals surface area contributed by atoms with Gasteiger partial charge in [0.25, 0.3) is 5.91 Å². The van der Waals surface area contributed by atoms with Crippen molar-refractivity contribution in [2.24, 2.45) is 5.92 Å². The molecule has 2 N–H and O–H groups in total. The van der Waals surface area contributed by atoms with Gasteiger partial charge in [-0.05, 0) is 36.5 Å². The van der Waals surface area contributed by atoms with E-state index in [0.29, 0.717) is 19.0 Å². The predicted molar refractivity (Wildman–Crippen MR) is 87.4 cm³/mol. The molecule has 2 aromatic rings. The van der Waals surface area contributed by atoms with Gasteiger partial charge in [0, 0.05) is 32.9 Å². The van der Waals surface area contributed by atoms with Crippen LogP contribution in [0.4, 0.5) is 5.69 Å². The van der Waals surface area contributed by atoms with Crippen molar-refractivity contribution in [3.63, 3.8) is 0 Å². The molecule has 0 aliphatic heterocycles. The molecule has 7 heteroatoms. The van der Waals surface area contributed by atoms with Gasteiger partial charge >= 0.3 is 5.69 Å². The molecule has 0 saturated heterocycles. The van der Waals surface area contributed by atoms with Crippen LogP contribution >= 0.6 is 0 Å². The van der Waals surface area contributed by atoms with E-state index in [9.17, 15) is 9.59 Å². The zero-order chi connectivity index (χ0) is 16.4. The zero-order valence-corrected chi connectivity index (χ0v) is 13.4. The number of anilines is 1. The van der Waals surface area contributed by atoms with Gasteiger partial charge in [-0.25, -0.2) is 9.89 Å². The second kappa shape index (κ2) is 6.28. The summed E-state index contributed by atoms with van der Waals surface area (Å²) in [7, 11) is 3.98. The maximum atomic E-state index is 12.6. The fraction of sp³-hybridized carbons (Fsp3) is 0.438. The molecule has 1 aliphatic rings. The summed E-state index contributed by atoms with van der Waals surface area (Å²) >= 11 is 0. The molecular weight excluding hydrogens is 294 g/mol. The van der Waals surface area contributed by atoms with Crippen LogP contribution in [0, 0.1) is 5.92 Å². The van der Waals surface area contributed by atoms with Crippen molar-refractivity contribution < 1.29 is 4.79 Å². The third kappa shape index (κ3) is 3.80. The van der Waals surface area contributed by atoms with Gasteiger partial charge in [-0.3, -0.25) is 9.78 Å². The number of hydrogen-bond donors (Lipinski definition) is 2. The van der Waals surface area contributed by atoms with Gasteiger partial charge < -0.3 is 9.80 Å². The lowest BCUT2D eigenvalue weighted by Crippen LogP contribution is -2.33. The van der Waals surface area contributed by atoms with Crippen LogP contribution < -0.4 is 10.6 Å². The molecule has 0 atom stereocenters. The molecule has 23 heavy (non-hydrogen) atoms. The molecule has 7 nitrogen and oxygen atoms in total. The molecule has 122 valence electrons. The predicted octanol–water partition coefficient (Wildman–Crippen LogP) is 1.22. The minimum Gasteiger partial charge on any atom is -0.378 e. The fourth-order valence-corrected chi connectivity index (χ4v) is 2.47. The molecule has 1 aromatic heterocycles. The van der Waals surface area contributed by atoms with Crippen LogP contribution in [0.1, 0.15) is 29.0 Å². The van der Waals surface area contributed by atoms with Crippen molar-refractivity contribution in [1.82, 2.24) is 20.1 Å². The van der Waals surface area contributed by atoms with Crippen LogP contribution in [-0.2, 0) is 6.54 Å². The summed E-state index contributed by atoms with van der Waals surface area (Å²) in [5.74, 6) is 0.387. The van der Waals surface area contributed by atoms with Crippen LogP contribution in [0.25, 0.3) is 0 Å². The number of benzene rings is 1. The Bertz CT molecular complexity index is 727. The van der Waals surface area contributed by atoms with Gasteiger partial charge in [0.1, 0.15) is 0 Å². The lowest BCUT2D eigenvalue weighted by atomic mass is 10.1. The molecule has 0 unspecified atom stereocenters. The number of aromatic nitrogens is 3. The topological polar surface area (TPSA) is 85.1 Å². The third-order valence-corrected chi connectivity index (χ3v) is 3.99. The van der Waals surface area contributed by atoms with E-state index in [-0.39, 0.29) is 11.7 Å². The Morgan fingerprint density at radius 2 is 1.96 bits per heavy atom. The molecule has 1 aliphatic carbocycles. The number of rotatable bonds is 6. The van der Waals surface area contributed by atoms with Crippen LogP contribution in [0.5, 0.6) is 0 Å². The van der Waals surface area contributed by atoms with Gasteiger partial charge in [0.15, 0.2) is 0 Å². The normalized spacial score (nSPS) is 13.8. The summed E-state index contributed by atoms with van der Waals surface area (Å²) in [5, 5.41) is 6.00. The zero-order valence-electron chi connectivity index (χ0n) is 13.4. The highest BCUT2D eigenvalue weighted by atomic mass is 16.2. The van der Waals surface area contributed by atoms with E-state index in [4.69, 9.17) is 0 Å². The van der Waals surface area contributed by atoms with Crippen molar-refractivity contribution in [2.45, 2.75) is 19.4 Å². The minimum atomic E-state index is -0.463. The first-order chi connectivity index (χ1) is 11.0. The second-order valence-corrected chi connectivity index (χ2v) is 6.22. The summed E-state index contributed by atoms with van der Waals surface area (Å²) in [6, 6.07) is 8.11. The van der Waals surface area contributed by atoms with Crippen LogP contribution in [0.3, 0.4) is 0 Å². The van der Waals surface area contributed by atoms with Crippen molar-refractivity contribution in [1.29, 1.82) is 0 Å². The highest BCUT2D eigenvalue weighted by Crippen LogP contribution is 2.30. The van der Waals surface area contributed by atoms with E-state index >= 15 is 0 Å². The number of nitrogens with one attached hydrogen (secondary N) is 2. The minimum absolute atomic E-state index is 0.0700. The molecule has 1 heterocycles. The standard InChI is InChI=1S/C16H21N5O2/c1-20(2)13-7-5-12(6-8-13)10-21(9-11-3-4-11)15(22)14-17-16(23)19-18-14/h5-8,11H,3-4,9-10H2,1-2H3,(H2,17,18,19,23). The molecule has 0 radical (unpaired) electrons. The van der Waals surface area contributed by atoms with Crippen molar-refractivity contribution in [3.8, 4) is 0 Å². The average Bonchev–Trinajstić information content (AvgIpc) is 3.25. The van der Waals surface area contributed by atoms with Crippen LogP contribution in [0.2, 0.25) is 0 Å². The summed E-state index contributed by atoms with van der Waals surface area (Å²) < 4.78 is 0. The van der Waals surface area contributed by atoms with Crippen LogP contribution in [0.15, 0.2) is 29.1 Å². The molecule has 1 saturated carbocycles. The Hall–Kier alpha value is -2.57. The Kier molecular flexibility index (Phi) is 4.18. The van der Waals surface area contributed by atoms with E-state index in [2.05, 4.69) is 15.2 Å². The van der Waals surface area contributed by atoms with Crippen LogP contribution in [-0.4, -0.2) is 46.6 Å². The number of carbonyl (C=O) groups is 1. The number of nitrogens with zero attached hydrogens (tertiary/aromatic N) is 3. The summed E-state index contributed by atoms with van der Waals surface area (Å²) in [4.78, 5) is 30.0. The number of aromatic amines is 2. The monoisotopic (exact) mass is 315 g/mol.